The van der Waals surface area contributed by atoms with Crippen molar-refractivity contribution in [3.63, 3.8) is 0 Å². The normalized spacial score (nSPS) is 11.7. The number of fused-ring (bicyclic) bond motifs is 1. The minimum atomic E-state index is -3.66. The number of aryl methyl sites for hydroxylation is 3. The maximum Gasteiger partial charge on any atom is 0.261 e. The molecule has 0 radical (unpaired) electrons. The van der Waals surface area contributed by atoms with Crippen molar-refractivity contribution in [3.05, 3.63) is 88.7 Å². The number of hydrogen-bond acceptors (Lipinski definition) is 3. The lowest BCUT2D eigenvalue weighted by Gasteiger charge is -2.13. The Kier molecular flexibility index (Phi) is 5.92. The number of nitrogens with zero attached hydrogens (tertiary/aromatic N) is 2. The van der Waals surface area contributed by atoms with Crippen LogP contribution in [0.25, 0.3) is 11.0 Å². The van der Waals surface area contributed by atoms with E-state index in [2.05, 4.69) is 38.2 Å². The summed E-state index contributed by atoms with van der Waals surface area (Å²) in [7, 11) is -3.66. The Morgan fingerprint density at radius 1 is 0.933 bits per heavy atom. The van der Waals surface area contributed by atoms with Crippen molar-refractivity contribution >= 4 is 42.7 Å². The summed E-state index contributed by atoms with van der Waals surface area (Å²) in [5, 5.41) is 0. The second kappa shape index (κ2) is 8.62. The molecule has 0 aliphatic heterocycles. The van der Waals surface area contributed by atoms with E-state index in [9.17, 15) is 8.42 Å². The third kappa shape index (κ3) is 4.27. The second-order valence-electron chi connectivity index (χ2n) is 6.98. The smallest absolute Gasteiger partial charge is 0.261 e. The van der Waals surface area contributed by atoms with Crippen molar-refractivity contribution in [1.29, 1.82) is 0 Å². The lowest BCUT2D eigenvalue weighted by atomic mass is 10.1. The van der Waals surface area contributed by atoms with Crippen LogP contribution in [0.3, 0.4) is 0 Å². The number of aromatic nitrogens is 2. The van der Waals surface area contributed by atoms with Crippen molar-refractivity contribution in [2.75, 3.05) is 4.72 Å². The van der Waals surface area contributed by atoms with Gasteiger partial charge in [-0.05, 0) is 61.4 Å². The van der Waals surface area contributed by atoms with Gasteiger partial charge in [0.1, 0.15) is 5.82 Å². The van der Waals surface area contributed by atoms with Gasteiger partial charge in [-0.2, -0.15) is 0 Å². The summed E-state index contributed by atoms with van der Waals surface area (Å²) in [5.41, 5.74) is 3.64. The number of hydrogen-bond donors (Lipinski definition) is 1. The number of sulfonamides is 1. The fourth-order valence-electron chi connectivity index (χ4n) is 3.57. The van der Waals surface area contributed by atoms with E-state index in [1.54, 1.807) is 30.3 Å². The van der Waals surface area contributed by atoms with Gasteiger partial charge in [0.2, 0.25) is 0 Å². The number of para-hydroxylation sites is 3. The Labute approximate surface area is 185 Å². The third-order valence-corrected chi connectivity index (χ3v) is 6.96. The Morgan fingerprint density at radius 3 is 2.40 bits per heavy atom. The number of anilines is 1. The molecule has 0 spiro atoms. The molecule has 0 saturated heterocycles. The summed E-state index contributed by atoms with van der Waals surface area (Å²) in [6.07, 6.45) is 1.40. The van der Waals surface area contributed by atoms with E-state index in [-0.39, 0.29) is 4.90 Å². The summed E-state index contributed by atoms with van der Waals surface area (Å²) in [6.45, 7) is 2.95. The van der Waals surface area contributed by atoms with Crippen LogP contribution < -0.4 is 4.72 Å². The minimum absolute atomic E-state index is 0.230. The van der Waals surface area contributed by atoms with Crippen LogP contribution in [0.5, 0.6) is 0 Å². The third-order valence-electron chi connectivity index (χ3n) is 5.05. The van der Waals surface area contributed by atoms with Crippen molar-refractivity contribution in [3.8, 4) is 0 Å². The molecule has 4 aromatic rings. The molecule has 0 unspecified atom stereocenters. The first-order valence-electron chi connectivity index (χ1n) is 9.78. The first-order valence-corrected chi connectivity index (χ1v) is 12.1. The number of imidazole rings is 1. The van der Waals surface area contributed by atoms with Gasteiger partial charge in [0, 0.05) is 17.4 Å². The second-order valence-corrected chi connectivity index (χ2v) is 9.58. The summed E-state index contributed by atoms with van der Waals surface area (Å²) in [5.74, 6) is 1.00. The molecule has 1 aromatic heterocycles. The van der Waals surface area contributed by atoms with Gasteiger partial charge in [0.25, 0.3) is 10.0 Å². The number of nitrogens with one attached hydrogen (secondary N) is 1. The van der Waals surface area contributed by atoms with E-state index in [4.69, 9.17) is 4.98 Å². The van der Waals surface area contributed by atoms with E-state index in [1.807, 2.05) is 36.4 Å². The Morgan fingerprint density at radius 2 is 1.63 bits per heavy atom. The predicted molar refractivity (Wildman–Crippen MR) is 124 cm³/mol. The topological polar surface area (TPSA) is 64.0 Å². The van der Waals surface area contributed by atoms with E-state index < -0.39 is 10.0 Å². The Balaban J connectivity index is 1.58. The van der Waals surface area contributed by atoms with Gasteiger partial charge in [-0.1, -0.05) is 46.3 Å². The Hall–Kier alpha value is -2.64. The van der Waals surface area contributed by atoms with Gasteiger partial charge < -0.3 is 4.57 Å². The highest BCUT2D eigenvalue weighted by Crippen LogP contribution is 2.24. The molecule has 30 heavy (non-hydrogen) atoms. The Bertz CT molecular complexity index is 1280. The summed E-state index contributed by atoms with van der Waals surface area (Å²) in [4.78, 5) is 5.01. The number of rotatable bonds is 7. The molecule has 0 fully saturated rings. The van der Waals surface area contributed by atoms with Gasteiger partial charge in [-0.25, -0.2) is 13.4 Å². The monoisotopic (exact) mass is 483 g/mol. The van der Waals surface area contributed by atoms with Crippen LogP contribution in [0.1, 0.15) is 18.3 Å². The van der Waals surface area contributed by atoms with Crippen molar-refractivity contribution < 1.29 is 8.42 Å². The van der Waals surface area contributed by atoms with Crippen molar-refractivity contribution in [1.82, 2.24) is 9.55 Å². The molecular formula is C23H22BrN3O2S. The molecule has 0 atom stereocenters. The van der Waals surface area contributed by atoms with Crippen LogP contribution in [0.2, 0.25) is 0 Å². The van der Waals surface area contributed by atoms with Gasteiger partial charge in [0.05, 0.1) is 21.6 Å². The molecule has 1 heterocycles. The van der Waals surface area contributed by atoms with Crippen molar-refractivity contribution in [2.45, 2.75) is 31.2 Å². The highest BCUT2D eigenvalue weighted by atomic mass is 79.9. The fraction of sp³-hybridized carbons (Fsp3) is 0.174. The SMILES string of the molecule is CCn1c(CCc2ccccc2NS(=O)(=O)c2ccc(Br)cc2)nc2ccccc21. The van der Waals surface area contributed by atoms with Crippen LogP contribution in [0.15, 0.2) is 82.2 Å². The zero-order valence-corrected chi connectivity index (χ0v) is 18.9. The summed E-state index contributed by atoms with van der Waals surface area (Å²) < 4.78 is 31.4. The first kappa shape index (κ1) is 20.6. The zero-order valence-electron chi connectivity index (χ0n) is 16.5. The fourth-order valence-corrected chi connectivity index (χ4v) is 4.94. The molecule has 1 N–H and O–H groups in total. The standard InChI is InChI=1S/C23H22BrN3O2S/c1-2-27-22-10-6-5-9-21(22)25-23(27)16-11-17-7-3-4-8-20(17)26-30(28,29)19-14-12-18(24)13-15-19/h3-10,12-15,26H,2,11,16H2,1H3. The van der Waals surface area contributed by atoms with Gasteiger partial charge in [-0.3, -0.25) is 4.72 Å². The van der Waals surface area contributed by atoms with Crippen LogP contribution in [0, 0.1) is 0 Å². The van der Waals surface area contributed by atoms with Crippen molar-refractivity contribution in [2.24, 2.45) is 0 Å². The molecule has 0 saturated carbocycles. The van der Waals surface area contributed by atoms with Gasteiger partial charge in [0.15, 0.2) is 0 Å². The molecule has 0 aliphatic rings. The molecule has 4 rings (SSSR count). The largest absolute Gasteiger partial charge is 0.328 e. The van der Waals surface area contributed by atoms with E-state index in [0.717, 1.165) is 39.9 Å². The molecule has 154 valence electrons. The molecule has 3 aromatic carbocycles. The van der Waals surface area contributed by atoms with Crippen LogP contribution in [-0.2, 0) is 29.4 Å². The van der Waals surface area contributed by atoms with Crippen LogP contribution in [0.4, 0.5) is 5.69 Å². The lowest BCUT2D eigenvalue weighted by Crippen LogP contribution is -2.14. The summed E-state index contributed by atoms with van der Waals surface area (Å²) >= 11 is 3.33. The minimum Gasteiger partial charge on any atom is -0.328 e. The van der Waals surface area contributed by atoms with E-state index in [1.165, 1.54) is 0 Å². The summed E-state index contributed by atoms with van der Waals surface area (Å²) in [6, 6.07) is 22.2. The number of benzene rings is 3. The molecule has 0 amide bonds. The molecule has 7 heteroatoms. The van der Waals surface area contributed by atoms with Crippen LogP contribution >= 0.6 is 15.9 Å². The molecular weight excluding hydrogens is 462 g/mol. The molecule has 0 aliphatic carbocycles. The average molecular weight is 484 g/mol. The number of halogens is 1. The van der Waals surface area contributed by atoms with E-state index in [0.29, 0.717) is 12.1 Å². The predicted octanol–water partition coefficient (Wildman–Crippen LogP) is 5.40. The first-order chi connectivity index (χ1) is 14.5. The van der Waals surface area contributed by atoms with Gasteiger partial charge >= 0.3 is 0 Å². The molecule has 0 bridgehead atoms. The van der Waals surface area contributed by atoms with Crippen LogP contribution in [-0.4, -0.2) is 18.0 Å². The maximum atomic E-state index is 12.8. The zero-order chi connectivity index (χ0) is 21.1. The molecule has 5 nitrogen and oxygen atoms in total. The maximum absolute atomic E-state index is 12.8. The van der Waals surface area contributed by atoms with E-state index >= 15 is 0 Å². The lowest BCUT2D eigenvalue weighted by molar-refractivity contribution is 0.601. The van der Waals surface area contributed by atoms with Gasteiger partial charge in [-0.15, -0.1) is 0 Å². The average Bonchev–Trinajstić information content (AvgIpc) is 3.10. The quantitative estimate of drug-likeness (QED) is 0.382. The highest BCUT2D eigenvalue weighted by molar-refractivity contribution is 9.10. The highest BCUT2D eigenvalue weighted by Gasteiger charge is 2.16.